The molecule has 0 aliphatic carbocycles. The first-order chi connectivity index (χ1) is 9.11. The molecule has 0 aliphatic rings. The molecule has 0 bridgehead atoms. The van der Waals surface area contributed by atoms with Crippen molar-refractivity contribution in [1.82, 2.24) is 9.78 Å². The maximum atomic E-state index is 4.39. The monoisotopic (exact) mass is 321 g/mol. The van der Waals surface area contributed by atoms with Crippen LogP contribution in [0.25, 0.3) is 0 Å². The van der Waals surface area contributed by atoms with Crippen molar-refractivity contribution in [2.75, 3.05) is 5.32 Å². The molecule has 0 atom stereocenters. The molecular weight excluding hydrogens is 302 g/mol. The summed E-state index contributed by atoms with van der Waals surface area (Å²) >= 11 is 3.58. The minimum atomic E-state index is 0.769. The highest BCUT2D eigenvalue weighted by molar-refractivity contribution is 9.10. The topological polar surface area (TPSA) is 29.9 Å². The number of anilines is 1. The number of nitrogens with zero attached hydrogens (tertiary/aromatic N) is 2. The van der Waals surface area contributed by atoms with Crippen LogP contribution in [0.15, 0.2) is 28.7 Å². The number of rotatable bonds is 5. The van der Waals surface area contributed by atoms with Crippen LogP contribution in [0, 0.1) is 6.92 Å². The first-order valence-corrected chi connectivity index (χ1v) is 7.42. The van der Waals surface area contributed by atoms with Crippen LogP contribution >= 0.6 is 15.9 Å². The standard InChI is InChI=1S/C15H20BrN3/c1-4-5-12-6-8-13(9-7-12)17-10-14-15(16)11(2)18-19(14)3/h6-9,17H,4-5,10H2,1-3H3. The van der Waals surface area contributed by atoms with Crippen LogP contribution in [0.1, 0.15) is 30.3 Å². The van der Waals surface area contributed by atoms with Gasteiger partial charge in [-0.2, -0.15) is 5.10 Å². The Morgan fingerprint density at radius 1 is 1.26 bits per heavy atom. The molecule has 0 saturated carbocycles. The molecular formula is C15H20BrN3. The Balaban J connectivity index is 2.02. The average Bonchev–Trinajstić information content (AvgIpc) is 2.64. The van der Waals surface area contributed by atoms with Crippen LogP contribution in [0.4, 0.5) is 5.69 Å². The van der Waals surface area contributed by atoms with E-state index in [0.717, 1.165) is 34.5 Å². The Kier molecular flexibility index (Phi) is 4.64. The lowest BCUT2D eigenvalue weighted by molar-refractivity contribution is 0.712. The Morgan fingerprint density at radius 2 is 1.95 bits per heavy atom. The number of aromatic nitrogens is 2. The van der Waals surface area contributed by atoms with Crippen LogP contribution in [-0.4, -0.2) is 9.78 Å². The van der Waals surface area contributed by atoms with Gasteiger partial charge in [-0.05, 0) is 47.0 Å². The van der Waals surface area contributed by atoms with Crippen molar-refractivity contribution in [2.45, 2.75) is 33.2 Å². The third kappa shape index (κ3) is 3.38. The quantitative estimate of drug-likeness (QED) is 0.900. The minimum Gasteiger partial charge on any atom is -0.379 e. The molecule has 4 heteroatoms. The number of hydrogen-bond acceptors (Lipinski definition) is 2. The third-order valence-electron chi connectivity index (χ3n) is 3.21. The van der Waals surface area contributed by atoms with Gasteiger partial charge in [-0.3, -0.25) is 4.68 Å². The van der Waals surface area contributed by atoms with Crippen LogP contribution in [-0.2, 0) is 20.0 Å². The summed E-state index contributed by atoms with van der Waals surface area (Å²) in [7, 11) is 1.97. The summed E-state index contributed by atoms with van der Waals surface area (Å²) in [4.78, 5) is 0. The van der Waals surface area contributed by atoms with Gasteiger partial charge < -0.3 is 5.32 Å². The van der Waals surface area contributed by atoms with Crippen molar-refractivity contribution < 1.29 is 0 Å². The first-order valence-electron chi connectivity index (χ1n) is 6.62. The van der Waals surface area contributed by atoms with E-state index in [4.69, 9.17) is 0 Å². The zero-order valence-corrected chi connectivity index (χ0v) is 13.3. The van der Waals surface area contributed by atoms with Crippen molar-refractivity contribution >= 4 is 21.6 Å². The van der Waals surface area contributed by atoms with Crippen molar-refractivity contribution in [2.24, 2.45) is 7.05 Å². The molecule has 1 heterocycles. The number of aryl methyl sites for hydroxylation is 3. The van der Waals surface area contributed by atoms with Crippen LogP contribution in [0.5, 0.6) is 0 Å². The zero-order chi connectivity index (χ0) is 13.8. The normalized spacial score (nSPS) is 10.7. The van der Waals surface area contributed by atoms with E-state index in [0.29, 0.717) is 0 Å². The summed E-state index contributed by atoms with van der Waals surface area (Å²) in [6.07, 6.45) is 2.33. The van der Waals surface area contributed by atoms with E-state index in [9.17, 15) is 0 Å². The van der Waals surface area contributed by atoms with Gasteiger partial charge in [0.25, 0.3) is 0 Å². The summed E-state index contributed by atoms with van der Waals surface area (Å²) in [6.45, 7) is 4.98. The summed E-state index contributed by atoms with van der Waals surface area (Å²) in [5.41, 5.74) is 4.73. The maximum absolute atomic E-state index is 4.39. The zero-order valence-electron chi connectivity index (χ0n) is 11.7. The molecule has 0 aliphatic heterocycles. The van der Waals surface area contributed by atoms with Gasteiger partial charge in [0, 0.05) is 12.7 Å². The lowest BCUT2D eigenvalue weighted by atomic mass is 10.1. The van der Waals surface area contributed by atoms with E-state index in [1.165, 1.54) is 12.0 Å². The number of benzene rings is 1. The van der Waals surface area contributed by atoms with Crippen molar-refractivity contribution in [3.63, 3.8) is 0 Å². The molecule has 0 radical (unpaired) electrons. The van der Waals surface area contributed by atoms with Gasteiger partial charge in [0.05, 0.1) is 22.4 Å². The maximum Gasteiger partial charge on any atom is 0.0739 e. The smallest absolute Gasteiger partial charge is 0.0739 e. The average molecular weight is 322 g/mol. The van der Waals surface area contributed by atoms with Crippen molar-refractivity contribution in [3.8, 4) is 0 Å². The first kappa shape index (κ1) is 14.1. The molecule has 0 amide bonds. The molecule has 0 saturated heterocycles. The number of hydrogen-bond donors (Lipinski definition) is 1. The summed E-state index contributed by atoms with van der Waals surface area (Å²) in [5, 5.41) is 7.83. The fraction of sp³-hybridized carbons (Fsp3) is 0.400. The molecule has 0 unspecified atom stereocenters. The van der Waals surface area contributed by atoms with E-state index in [1.54, 1.807) is 0 Å². The molecule has 2 aromatic rings. The molecule has 1 aromatic carbocycles. The SMILES string of the molecule is CCCc1ccc(NCc2c(Br)c(C)nn2C)cc1. The number of halogens is 1. The van der Waals surface area contributed by atoms with Crippen molar-refractivity contribution in [1.29, 1.82) is 0 Å². The Hall–Kier alpha value is -1.29. The predicted molar refractivity (Wildman–Crippen MR) is 83.4 cm³/mol. The number of nitrogens with one attached hydrogen (secondary N) is 1. The van der Waals surface area contributed by atoms with E-state index in [1.807, 2.05) is 18.7 Å². The van der Waals surface area contributed by atoms with Gasteiger partial charge in [0.1, 0.15) is 0 Å². The summed E-state index contributed by atoms with van der Waals surface area (Å²) < 4.78 is 3.00. The van der Waals surface area contributed by atoms with Crippen LogP contribution in [0.3, 0.4) is 0 Å². The Bertz CT molecular complexity index is 543. The van der Waals surface area contributed by atoms with Gasteiger partial charge >= 0.3 is 0 Å². The van der Waals surface area contributed by atoms with Gasteiger partial charge in [-0.15, -0.1) is 0 Å². The highest BCUT2D eigenvalue weighted by atomic mass is 79.9. The van der Waals surface area contributed by atoms with E-state index in [2.05, 4.69) is 57.5 Å². The molecule has 3 nitrogen and oxygen atoms in total. The fourth-order valence-electron chi connectivity index (χ4n) is 2.14. The van der Waals surface area contributed by atoms with Gasteiger partial charge in [0.15, 0.2) is 0 Å². The summed E-state index contributed by atoms with van der Waals surface area (Å²) in [5.74, 6) is 0. The molecule has 1 aromatic heterocycles. The fourth-order valence-corrected chi connectivity index (χ4v) is 2.61. The van der Waals surface area contributed by atoms with E-state index >= 15 is 0 Å². The van der Waals surface area contributed by atoms with Crippen molar-refractivity contribution in [3.05, 3.63) is 45.7 Å². The van der Waals surface area contributed by atoms with E-state index < -0.39 is 0 Å². The van der Waals surface area contributed by atoms with Gasteiger partial charge in [-0.1, -0.05) is 25.5 Å². The Morgan fingerprint density at radius 3 is 2.47 bits per heavy atom. The summed E-state index contributed by atoms with van der Waals surface area (Å²) in [6, 6.07) is 8.66. The van der Waals surface area contributed by atoms with E-state index in [-0.39, 0.29) is 0 Å². The van der Waals surface area contributed by atoms with Crippen LogP contribution < -0.4 is 5.32 Å². The van der Waals surface area contributed by atoms with Gasteiger partial charge in [-0.25, -0.2) is 0 Å². The van der Waals surface area contributed by atoms with Gasteiger partial charge in [0.2, 0.25) is 0 Å². The highest BCUT2D eigenvalue weighted by Crippen LogP contribution is 2.21. The lowest BCUT2D eigenvalue weighted by Gasteiger charge is -2.08. The second-order valence-electron chi connectivity index (χ2n) is 4.77. The molecule has 102 valence electrons. The molecule has 1 N–H and O–H groups in total. The predicted octanol–water partition coefficient (Wildman–Crippen LogP) is 4.06. The largest absolute Gasteiger partial charge is 0.379 e. The second kappa shape index (κ2) is 6.24. The molecule has 2 rings (SSSR count). The highest BCUT2D eigenvalue weighted by Gasteiger charge is 2.09. The third-order valence-corrected chi connectivity index (χ3v) is 4.25. The molecule has 0 fully saturated rings. The second-order valence-corrected chi connectivity index (χ2v) is 5.56. The molecule has 19 heavy (non-hydrogen) atoms. The molecule has 0 spiro atoms. The van der Waals surface area contributed by atoms with Crippen LogP contribution in [0.2, 0.25) is 0 Å². The Labute approximate surface area is 123 Å². The minimum absolute atomic E-state index is 0.769. The lowest BCUT2D eigenvalue weighted by Crippen LogP contribution is -2.06.